The van der Waals surface area contributed by atoms with Crippen LogP contribution in [0, 0.1) is 7.11 Å². The molecule has 0 aromatic carbocycles. The molecule has 1 fully saturated rings. The zero-order valence-electron chi connectivity index (χ0n) is 4.09. The largest absolute Gasteiger partial charge is 0.553 e. The van der Waals surface area contributed by atoms with Gasteiger partial charge in [0.1, 0.15) is 6.10 Å². The topological polar surface area (TPSA) is 21.8 Å². The fourth-order valence-electron chi connectivity index (χ4n) is 0.296. The number of hydrogen-bond acceptors (Lipinski definition) is 2. The van der Waals surface area contributed by atoms with E-state index in [1.807, 2.05) is 0 Å². The predicted octanol–water partition coefficient (Wildman–Crippen LogP) is 0.191. The summed E-state index contributed by atoms with van der Waals surface area (Å²) in [5.74, 6) is 0. The molecule has 1 aliphatic rings. The molecule has 0 aliphatic carbocycles. The molecule has 1 atom stereocenters. The Kier molecular flexibility index (Phi) is 4.54. The van der Waals surface area contributed by atoms with Gasteiger partial charge in [-0.1, -0.05) is 0 Å². The predicted molar refractivity (Wildman–Crippen MR) is 21.0 cm³/mol. The van der Waals surface area contributed by atoms with E-state index < -0.39 is 0 Å². The molecular formula is C4H7O2Y-. The van der Waals surface area contributed by atoms with Crippen molar-refractivity contribution < 1.29 is 42.2 Å². The molecule has 7 heavy (non-hydrogen) atoms. The average molecular weight is 176 g/mol. The van der Waals surface area contributed by atoms with Gasteiger partial charge >= 0.3 is 0 Å². The Morgan fingerprint density at radius 2 is 2.43 bits per heavy atom. The molecular weight excluding hydrogens is 169 g/mol. The Morgan fingerprint density at radius 1 is 1.86 bits per heavy atom. The van der Waals surface area contributed by atoms with Gasteiger partial charge in [-0.05, 0) is 0 Å². The van der Waals surface area contributed by atoms with Crippen LogP contribution in [0.25, 0.3) is 0 Å². The SMILES string of the molecule is [CH2-]OCC1CO1.[Y]. The average Bonchev–Trinajstić information content (AvgIpc) is 2.21. The fourth-order valence-corrected chi connectivity index (χ4v) is 0.296. The maximum absolute atomic E-state index is 4.78. The second-order valence-electron chi connectivity index (χ2n) is 1.33. The molecule has 0 aromatic rings. The summed E-state index contributed by atoms with van der Waals surface area (Å²) in [5, 5.41) is 0. The van der Waals surface area contributed by atoms with Crippen LogP contribution in [0.1, 0.15) is 0 Å². The first-order chi connectivity index (χ1) is 2.93. The summed E-state index contributed by atoms with van der Waals surface area (Å²) in [6.45, 7) is 1.51. The van der Waals surface area contributed by atoms with Crippen molar-refractivity contribution in [3.8, 4) is 0 Å². The molecule has 0 saturated carbocycles. The van der Waals surface area contributed by atoms with Crippen molar-refractivity contribution in [3.05, 3.63) is 7.11 Å². The maximum Gasteiger partial charge on any atom is 0.101 e. The Bertz CT molecular complexity index is 45.0. The van der Waals surface area contributed by atoms with Gasteiger partial charge in [0.2, 0.25) is 0 Å². The van der Waals surface area contributed by atoms with Crippen LogP contribution in [0.4, 0.5) is 0 Å². The van der Waals surface area contributed by atoms with Gasteiger partial charge in [-0.2, -0.15) is 0 Å². The van der Waals surface area contributed by atoms with Gasteiger partial charge in [0.25, 0.3) is 0 Å². The van der Waals surface area contributed by atoms with Crippen molar-refractivity contribution in [1.29, 1.82) is 0 Å². The van der Waals surface area contributed by atoms with E-state index in [-0.39, 0.29) is 32.7 Å². The monoisotopic (exact) mass is 176 g/mol. The molecule has 1 heterocycles. The molecule has 0 N–H and O–H groups in total. The van der Waals surface area contributed by atoms with Crippen LogP contribution in [0.5, 0.6) is 0 Å². The van der Waals surface area contributed by atoms with E-state index in [4.69, 9.17) is 4.74 Å². The summed E-state index contributed by atoms with van der Waals surface area (Å²) < 4.78 is 9.27. The fraction of sp³-hybridized carbons (Fsp3) is 0.750. The van der Waals surface area contributed by atoms with Gasteiger partial charge in [0.15, 0.2) is 0 Å². The zero-order valence-corrected chi connectivity index (χ0v) is 6.93. The van der Waals surface area contributed by atoms with Crippen molar-refractivity contribution >= 4 is 0 Å². The summed E-state index contributed by atoms with van der Waals surface area (Å²) >= 11 is 0. The van der Waals surface area contributed by atoms with E-state index in [1.165, 1.54) is 0 Å². The van der Waals surface area contributed by atoms with Crippen LogP contribution in [0.2, 0.25) is 0 Å². The van der Waals surface area contributed by atoms with Gasteiger partial charge in [-0.25, -0.2) is 7.11 Å². The summed E-state index contributed by atoms with van der Waals surface area (Å²) in [7, 11) is 3.19. The Labute approximate surface area is 68.4 Å². The van der Waals surface area contributed by atoms with E-state index in [9.17, 15) is 0 Å². The molecule has 1 aliphatic heterocycles. The first kappa shape index (κ1) is 8.02. The maximum atomic E-state index is 4.78. The molecule has 1 rings (SSSR count). The summed E-state index contributed by atoms with van der Waals surface area (Å²) in [4.78, 5) is 0. The van der Waals surface area contributed by atoms with Crippen molar-refractivity contribution in [2.45, 2.75) is 6.10 Å². The summed E-state index contributed by atoms with van der Waals surface area (Å²) in [6, 6.07) is 0. The molecule has 39 valence electrons. The molecule has 2 nitrogen and oxygen atoms in total. The van der Waals surface area contributed by atoms with Crippen molar-refractivity contribution in [2.24, 2.45) is 0 Å². The standard InChI is InChI=1S/C4H7O2.Y/c1-5-2-4-3-6-4;/h4H,1-3H2;/q-1;. The molecule has 1 radical (unpaired) electrons. The number of ether oxygens (including phenoxy) is 2. The first-order valence-electron chi connectivity index (χ1n) is 1.92. The molecule has 0 spiro atoms. The number of rotatable bonds is 2. The van der Waals surface area contributed by atoms with E-state index in [1.54, 1.807) is 0 Å². The van der Waals surface area contributed by atoms with Gasteiger partial charge < -0.3 is 9.47 Å². The molecule has 3 heteroatoms. The van der Waals surface area contributed by atoms with Gasteiger partial charge in [0.05, 0.1) is 6.61 Å². The van der Waals surface area contributed by atoms with E-state index in [0.29, 0.717) is 12.7 Å². The third-order valence-electron chi connectivity index (χ3n) is 0.706. The normalized spacial score (nSPS) is 26.1. The van der Waals surface area contributed by atoms with Crippen molar-refractivity contribution in [1.82, 2.24) is 0 Å². The van der Waals surface area contributed by atoms with Crippen LogP contribution in [0.3, 0.4) is 0 Å². The zero-order chi connectivity index (χ0) is 4.41. The second-order valence-corrected chi connectivity index (χ2v) is 1.33. The minimum Gasteiger partial charge on any atom is -0.553 e. The third-order valence-corrected chi connectivity index (χ3v) is 0.706. The van der Waals surface area contributed by atoms with Crippen molar-refractivity contribution in [2.75, 3.05) is 13.2 Å². The molecule has 0 amide bonds. The Hall–Kier alpha value is 1.02. The molecule has 1 unspecified atom stereocenters. The van der Waals surface area contributed by atoms with Crippen LogP contribution >= 0.6 is 0 Å². The van der Waals surface area contributed by atoms with Gasteiger partial charge in [0, 0.05) is 39.3 Å². The molecule has 0 bridgehead atoms. The quantitative estimate of drug-likeness (QED) is 0.442. The van der Waals surface area contributed by atoms with Crippen LogP contribution in [-0.2, 0) is 42.2 Å². The van der Waals surface area contributed by atoms with Crippen LogP contribution < -0.4 is 0 Å². The van der Waals surface area contributed by atoms with E-state index >= 15 is 0 Å². The smallest absolute Gasteiger partial charge is 0.101 e. The van der Waals surface area contributed by atoms with Crippen LogP contribution in [0.15, 0.2) is 0 Å². The van der Waals surface area contributed by atoms with E-state index in [2.05, 4.69) is 11.8 Å². The minimum atomic E-state index is 0. The van der Waals surface area contributed by atoms with E-state index in [0.717, 1.165) is 6.61 Å². The minimum absolute atomic E-state index is 0. The summed E-state index contributed by atoms with van der Waals surface area (Å²) in [5.41, 5.74) is 0. The summed E-state index contributed by atoms with van der Waals surface area (Å²) in [6.07, 6.45) is 0.363. The van der Waals surface area contributed by atoms with Gasteiger partial charge in [-0.15, -0.1) is 0 Å². The van der Waals surface area contributed by atoms with Crippen LogP contribution in [-0.4, -0.2) is 19.3 Å². The first-order valence-corrected chi connectivity index (χ1v) is 1.92. The Morgan fingerprint density at radius 3 is 2.57 bits per heavy atom. The third kappa shape index (κ3) is 3.59. The second kappa shape index (κ2) is 3.96. The Balaban J connectivity index is 0.000000360. The van der Waals surface area contributed by atoms with Crippen molar-refractivity contribution in [3.63, 3.8) is 0 Å². The number of epoxide rings is 1. The van der Waals surface area contributed by atoms with Gasteiger partial charge in [-0.3, -0.25) is 0 Å². The molecule has 0 aromatic heterocycles. The number of hydrogen-bond donors (Lipinski definition) is 0. The molecule has 1 saturated heterocycles.